The van der Waals surface area contributed by atoms with Gasteiger partial charge in [0.1, 0.15) is 0 Å². The maximum absolute atomic E-state index is 9.98. The van der Waals surface area contributed by atoms with Gasteiger partial charge in [-0.25, -0.2) is 0 Å². The summed E-state index contributed by atoms with van der Waals surface area (Å²) in [6, 6.07) is 3.92. The van der Waals surface area contributed by atoms with E-state index in [2.05, 4.69) is 20.8 Å². The van der Waals surface area contributed by atoms with Crippen molar-refractivity contribution >= 4 is 0 Å². The van der Waals surface area contributed by atoms with Crippen LogP contribution in [0.15, 0.2) is 12.1 Å². The highest BCUT2D eigenvalue weighted by molar-refractivity contribution is 5.52. The maximum Gasteiger partial charge on any atom is 0.163 e. The van der Waals surface area contributed by atoms with E-state index in [1.54, 1.807) is 7.11 Å². The molecular weight excluding hydrogens is 176 g/mol. The molecule has 0 aliphatic carbocycles. The molecule has 0 radical (unpaired) electrons. The Morgan fingerprint density at radius 1 is 1.21 bits per heavy atom. The van der Waals surface area contributed by atoms with Gasteiger partial charge in [-0.15, -0.1) is 0 Å². The van der Waals surface area contributed by atoms with Gasteiger partial charge in [-0.05, 0) is 17.9 Å². The average molecular weight is 194 g/mol. The van der Waals surface area contributed by atoms with Crippen LogP contribution >= 0.6 is 0 Å². The number of ether oxygens (including phenoxy) is 1. The molecule has 0 aromatic heterocycles. The maximum atomic E-state index is 9.98. The van der Waals surface area contributed by atoms with Gasteiger partial charge in [0, 0.05) is 5.56 Å². The van der Waals surface area contributed by atoms with Crippen LogP contribution in [-0.2, 0) is 5.41 Å². The van der Waals surface area contributed by atoms with Crippen LogP contribution < -0.4 is 4.74 Å². The number of aryl methyl sites for hydroxylation is 1. The summed E-state index contributed by atoms with van der Waals surface area (Å²) in [5.41, 5.74) is 1.81. The summed E-state index contributed by atoms with van der Waals surface area (Å²) < 4.78 is 5.16. The smallest absolute Gasteiger partial charge is 0.163 e. The fraction of sp³-hybridized carbons (Fsp3) is 0.500. The highest BCUT2D eigenvalue weighted by Crippen LogP contribution is 2.39. The van der Waals surface area contributed by atoms with E-state index in [4.69, 9.17) is 4.74 Å². The third kappa shape index (κ3) is 1.84. The van der Waals surface area contributed by atoms with Gasteiger partial charge in [0.05, 0.1) is 7.11 Å². The average Bonchev–Trinajstić information content (AvgIpc) is 2.02. The van der Waals surface area contributed by atoms with Crippen molar-refractivity contribution in [3.8, 4) is 11.5 Å². The summed E-state index contributed by atoms with van der Waals surface area (Å²) in [6.07, 6.45) is 0. The van der Waals surface area contributed by atoms with Crippen LogP contribution in [0, 0.1) is 6.92 Å². The first-order valence-corrected chi connectivity index (χ1v) is 4.75. The zero-order valence-electron chi connectivity index (χ0n) is 9.51. The molecule has 0 atom stereocenters. The molecule has 0 spiro atoms. The second-order valence-corrected chi connectivity index (χ2v) is 4.56. The first-order chi connectivity index (χ1) is 6.38. The first-order valence-electron chi connectivity index (χ1n) is 4.75. The largest absolute Gasteiger partial charge is 0.504 e. The molecule has 2 heteroatoms. The number of rotatable bonds is 1. The van der Waals surface area contributed by atoms with Gasteiger partial charge in [-0.3, -0.25) is 0 Å². The summed E-state index contributed by atoms with van der Waals surface area (Å²) in [7, 11) is 1.58. The van der Waals surface area contributed by atoms with E-state index in [1.165, 1.54) is 0 Å². The molecule has 0 saturated carbocycles. The highest BCUT2D eigenvalue weighted by atomic mass is 16.5. The topological polar surface area (TPSA) is 29.5 Å². The Labute approximate surface area is 85.5 Å². The van der Waals surface area contributed by atoms with Crippen LogP contribution in [0.25, 0.3) is 0 Å². The quantitative estimate of drug-likeness (QED) is 0.744. The molecule has 0 saturated heterocycles. The Balaban J connectivity index is 3.36. The first kappa shape index (κ1) is 10.9. The predicted octanol–water partition coefficient (Wildman–Crippen LogP) is 3.01. The van der Waals surface area contributed by atoms with Crippen molar-refractivity contribution in [2.45, 2.75) is 33.1 Å². The van der Waals surface area contributed by atoms with E-state index < -0.39 is 0 Å². The minimum absolute atomic E-state index is 0.0644. The fourth-order valence-corrected chi connectivity index (χ4v) is 1.53. The Bertz CT molecular complexity index is 335. The second kappa shape index (κ2) is 3.52. The molecule has 0 bridgehead atoms. The third-order valence-corrected chi connectivity index (χ3v) is 2.34. The number of benzene rings is 1. The van der Waals surface area contributed by atoms with E-state index >= 15 is 0 Å². The molecule has 0 amide bonds. The standard InChI is InChI=1S/C12H18O2/c1-8-6-7-9(12(2,3)4)10(13)11(8)14-5/h6-7,13H,1-5H3. The van der Waals surface area contributed by atoms with Crippen molar-refractivity contribution in [1.82, 2.24) is 0 Å². The second-order valence-electron chi connectivity index (χ2n) is 4.56. The molecule has 2 nitrogen and oxygen atoms in total. The lowest BCUT2D eigenvalue weighted by atomic mass is 9.85. The van der Waals surface area contributed by atoms with Gasteiger partial charge in [0.15, 0.2) is 11.5 Å². The van der Waals surface area contributed by atoms with Gasteiger partial charge in [0.25, 0.3) is 0 Å². The Morgan fingerprint density at radius 2 is 1.79 bits per heavy atom. The van der Waals surface area contributed by atoms with Crippen molar-refractivity contribution in [2.75, 3.05) is 7.11 Å². The molecule has 1 N–H and O–H groups in total. The number of phenols is 1. The lowest BCUT2D eigenvalue weighted by molar-refractivity contribution is 0.362. The number of hydrogen-bond donors (Lipinski definition) is 1. The third-order valence-electron chi connectivity index (χ3n) is 2.34. The molecule has 0 fully saturated rings. The van der Waals surface area contributed by atoms with Gasteiger partial charge < -0.3 is 9.84 Å². The SMILES string of the molecule is COc1c(C)ccc(C(C)(C)C)c1O. The lowest BCUT2D eigenvalue weighted by Gasteiger charge is -2.22. The zero-order chi connectivity index (χ0) is 10.9. The van der Waals surface area contributed by atoms with Crippen molar-refractivity contribution in [3.63, 3.8) is 0 Å². The predicted molar refractivity (Wildman–Crippen MR) is 58.1 cm³/mol. The van der Waals surface area contributed by atoms with Crippen LogP contribution in [0.2, 0.25) is 0 Å². The van der Waals surface area contributed by atoms with E-state index in [9.17, 15) is 5.11 Å². The van der Waals surface area contributed by atoms with E-state index in [0.717, 1.165) is 11.1 Å². The molecule has 1 aromatic rings. The number of aromatic hydroxyl groups is 1. The Kier molecular flexibility index (Phi) is 2.74. The van der Waals surface area contributed by atoms with Gasteiger partial charge >= 0.3 is 0 Å². The molecule has 78 valence electrons. The summed E-state index contributed by atoms with van der Waals surface area (Å²) in [5.74, 6) is 0.845. The van der Waals surface area contributed by atoms with Crippen molar-refractivity contribution in [2.24, 2.45) is 0 Å². The number of hydrogen-bond acceptors (Lipinski definition) is 2. The van der Waals surface area contributed by atoms with Crippen LogP contribution in [0.1, 0.15) is 31.9 Å². The lowest BCUT2D eigenvalue weighted by Crippen LogP contribution is -2.11. The monoisotopic (exact) mass is 194 g/mol. The molecule has 0 unspecified atom stereocenters. The summed E-state index contributed by atoms with van der Waals surface area (Å²) in [5, 5.41) is 9.98. The molecule has 14 heavy (non-hydrogen) atoms. The van der Waals surface area contributed by atoms with E-state index in [1.807, 2.05) is 19.1 Å². The van der Waals surface area contributed by atoms with Crippen molar-refractivity contribution in [3.05, 3.63) is 23.3 Å². The van der Waals surface area contributed by atoms with E-state index in [0.29, 0.717) is 5.75 Å². The normalized spacial score (nSPS) is 11.5. The van der Waals surface area contributed by atoms with Gasteiger partial charge in [-0.2, -0.15) is 0 Å². The minimum Gasteiger partial charge on any atom is -0.504 e. The summed E-state index contributed by atoms with van der Waals surface area (Å²) >= 11 is 0. The molecule has 0 aliphatic heterocycles. The Hall–Kier alpha value is -1.18. The number of methoxy groups -OCH3 is 1. The van der Waals surface area contributed by atoms with Crippen LogP contribution in [0.5, 0.6) is 11.5 Å². The van der Waals surface area contributed by atoms with Gasteiger partial charge in [0.2, 0.25) is 0 Å². The highest BCUT2D eigenvalue weighted by Gasteiger charge is 2.21. The molecule has 0 aliphatic rings. The van der Waals surface area contributed by atoms with Crippen LogP contribution in [-0.4, -0.2) is 12.2 Å². The summed E-state index contributed by atoms with van der Waals surface area (Å²) in [6.45, 7) is 8.12. The molecule has 1 aromatic carbocycles. The Morgan fingerprint density at radius 3 is 2.21 bits per heavy atom. The zero-order valence-corrected chi connectivity index (χ0v) is 9.51. The minimum atomic E-state index is -0.0644. The molecule has 1 rings (SSSR count). The van der Waals surface area contributed by atoms with Crippen LogP contribution in [0.4, 0.5) is 0 Å². The fourth-order valence-electron chi connectivity index (χ4n) is 1.53. The van der Waals surface area contributed by atoms with Crippen molar-refractivity contribution in [1.29, 1.82) is 0 Å². The molecule has 0 heterocycles. The van der Waals surface area contributed by atoms with Gasteiger partial charge in [-0.1, -0.05) is 32.9 Å². The summed E-state index contributed by atoms with van der Waals surface area (Å²) in [4.78, 5) is 0. The molecular formula is C12H18O2. The van der Waals surface area contributed by atoms with Crippen molar-refractivity contribution < 1.29 is 9.84 Å². The van der Waals surface area contributed by atoms with Crippen LogP contribution in [0.3, 0.4) is 0 Å². The van der Waals surface area contributed by atoms with E-state index in [-0.39, 0.29) is 11.2 Å². The number of phenolic OH excluding ortho intramolecular Hbond substituents is 1.